The zero-order valence-electron chi connectivity index (χ0n) is 13.0. The van der Waals surface area contributed by atoms with Crippen molar-refractivity contribution in [2.45, 2.75) is 31.1 Å². The van der Waals surface area contributed by atoms with Crippen LogP contribution in [0.2, 0.25) is 0 Å². The van der Waals surface area contributed by atoms with E-state index in [-0.39, 0.29) is 5.92 Å². The molecule has 1 atom stereocenters. The van der Waals surface area contributed by atoms with E-state index in [4.69, 9.17) is 13.8 Å². The van der Waals surface area contributed by atoms with Crippen LogP contribution in [0.5, 0.6) is 0 Å². The number of hydrogen-bond donors (Lipinski definition) is 0. The summed E-state index contributed by atoms with van der Waals surface area (Å²) in [6, 6.07) is 7.77. The number of benzene rings is 1. The molecular weight excluding hydrogens is 308 g/mol. The summed E-state index contributed by atoms with van der Waals surface area (Å²) in [5, 5.41) is 8.18. The van der Waals surface area contributed by atoms with E-state index >= 15 is 0 Å². The molecule has 0 N–H and O–H groups in total. The minimum Gasteiger partial charge on any atom is -0.381 e. The van der Waals surface area contributed by atoms with Gasteiger partial charge < -0.3 is 13.8 Å². The Hall–Kier alpha value is -2.54. The Balaban J connectivity index is 1.43. The summed E-state index contributed by atoms with van der Waals surface area (Å²) >= 11 is 0. The SMILES string of the molecule is c1cc(-c2noc(C3CC3)n2)cc(-c2nc(C3CCOC3)no2)c1. The van der Waals surface area contributed by atoms with Crippen molar-refractivity contribution in [3.63, 3.8) is 0 Å². The summed E-state index contributed by atoms with van der Waals surface area (Å²) in [5.41, 5.74) is 1.73. The van der Waals surface area contributed by atoms with Gasteiger partial charge in [-0.25, -0.2) is 0 Å². The van der Waals surface area contributed by atoms with E-state index in [2.05, 4.69) is 20.3 Å². The molecule has 5 rings (SSSR count). The second-order valence-corrected chi connectivity index (χ2v) is 6.33. The molecule has 0 spiro atoms. The average Bonchev–Trinajstić information content (AvgIpc) is 3.07. The van der Waals surface area contributed by atoms with E-state index in [1.54, 1.807) is 0 Å². The third kappa shape index (κ3) is 2.50. The lowest BCUT2D eigenvalue weighted by atomic mass is 10.1. The van der Waals surface area contributed by atoms with Gasteiger partial charge in [-0.2, -0.15) is 9.97 Å². The van der Waals surface area contributed by atoms with Gasteiger partial charge in [0.25, 0.3) is 5.89 Å². The van der Waals surface area contributed by atoms with Gasteiger partial charge in [-0.3, -0.25) is 0 Å². The highest BCUT2D eigenvalue weighted by atomic mass is 16.5. The standard InChI is InChI=1S/C17H16N4O3/c1-2-11(14-18-16(23-20-14)10-4-5-10)8-12(3-1)17-19-15(21-24-17)13-6-7-22-9-13/h1-3,8,10,13H,4-7,9H2. The number of hydrogen-bond acceptors (Lipinski definition) is 7. The van der Waals surface area contributed by atoms with Crippen molar-refractivity contribution >= 4 is 0 Å². The van der Waals surface area contributed by atoms with Crippen LogP contribution in [-0.2, 0) is 4.74 Å². The third-order valence-electron chi connectivity index (χ3n) is 4.47. The Morgan fingerprint density at radius 3 is 2.67 bits per heavy atom. The van der Waals surface area contributed by atoms with Crippen LogP contribution in [0, 0.1) is 0 Å². The largest absolute Gasteiger partial charge is 0.381 e. The van der Waals surface area contributed by atoms with Gasteiger partial charge >= 0.3 is 0 Å². The molecule has 1 aromatic carbocycles. The fraction of sp³-hybridized carbons (Fsp3) is 0.412. The molecule has 0 bridgehead atoms. The fourth-order valence-electron chi connectivity index (χ4n) is 2.90. The first kappa shape index (κ1) is 13.9. The lowest BCUT2D eigenvalue weighted by molar-refractivity contribution is 0.192. The summed E-state index contributed by atoms with van der Waals surface area (Å²) in [6.45, 7) is 1.41. The molecule has 1 saturated heterocycles. The fourth-order valence-corrected chi connectivity index (χ4v) is 2.90. The van der Waals surface area contributed by atoms with Crippen molar-refractivity contribution in [1.82, 2.24) is 20.3 Å². The molecule has 3 aromatic rings. The van der Waals surface area contributed by atoms with Crippen LogP contribution in [0.1, 0.15) is 42.8 Å². The Labute approximate surface area is 138 Å². The van der Waals surface area contributed by atoms with Crippen LogP contribution < -0.4 is 0 Å². The lowest BCUT2D eigenvalue weighted by Gasteiger charge is -1.99. The Kier molecular flexibility index (Phi) is 3.19. The molecule has 2 aromatic heterocycles. The maximum absolute atomic E-state index is 5.43. The molecule has 1 saturated carbocycles. The van der Waals surface area contributed by atoms with Crippen molar-refractivity contribution in [1.29, 1.82) is 0 Å². The molecule has 1 aliphatic carbocycles. The van der Waals surface area contributed by atoms with Crippen LogP contribution in [0.15, 0.2) is 33.3 Å². The van der Waals surface area contributed by atoms with E-state index in [1.807, 2.05) is 24.3 Å². The third-order valence-corrected chi connectivity index (χ3v) is 4.47. The molecule has 7 nitrogen and oxygen atoms in total. The topological polar surface area (TPSA) is 87.1 Å². The van der Waals surface area contributed by atoms with Crippen molar-refractivity contribution in [2.24, 2.45) is 0 Å². The second-order valence-electron chi connectivity index (χ2n) is 6.33. The average molecular weight is 324 g/mol. The molecule has 1 unspecified atom stereocenters. The highest BCUT2D eigenvalue weighted by molar-refractivity contribution is 5.64. The lowest BCUT2D eigenvalue weighted by Crippen LogP contribution is -1.99. The molecule has 1 aliphatic heterocycles. The second kappa shape index (κ2) is 5.52. The maximum Gasteiger partial charge on any atom is 0.257 e. The van der Waals surface area contributed by atoms with Crippen LogP contribution >= 0.6 is 0 Å². The Morgan fingerprint density at radius 1 is 0.917 bits per heavy atom. The van der Waals surface area contributed by atoms with Gasteiger partial charge in [-0.15, -0.1) is 0 Å². The highest BCUT2D eigenvalue weighted by Crippen LogP contribution is 2.39. The number of aromatic nitrogens is 4. The summed E-state index contributed by atoms with van der Waals surface area (Å²) in [7, 11) is 0. The number of rotatable bonds is 4. The Bertz CT molecular complexity index is 862. The molecule has 122 valence electrons. The minimum absolute atomic E-state index is 0.226. The first-order valence-corrected chi connectivity index (χ1v) is 8.22. The number of ether oxygens (including phenoxy) is 1. The predicted molar refractivity (Wildman–Crippen MR) is 83.2 cm³/mol. The minimum atomic E-state index is 0.226. The Morgan fingerprint density at radius 2 is 1.83 bits per heavy atom. The van der Waals surface area contributed by atoms with E-state index in [0.717, 1.165) is 42.9 Å². The number of nitrogens with zero attached hydrogens (tertiary/aromatic N) is 4. The van der Waals surface area contributed by atoms with Crippen LogP contribution in [0.25, 0.3) is 22.8 Å². The molecule has 2 aliphatic rings. The predicted octanol–water partition coefficient (Wildman–Crippen LogP) is 3.17. The van der Waals surface area contributed by atoms with E-state index in [0.29, 0.717) is 30.1 Å². The normalized spacial score (nSPS) is 20.6. The van der Waals surface area contributed by atoms with Crippen molar-refractivity contribution in [3.8, 4) is 22.8 Å². The smallest absolute Gasteiger partial charge is 0.257 e. The molecule has 7 heteroatoms. The van der Waals surface area contributed by atoms with Crippen molar-refractivity contribution in [3.05, 3.63) is 36.0 Å². The van der Waals surface area contributed by atoms with E-state index < -0.39 is 0 Å². The molecule has 0 radical (unpaired) electrons. The monoisotopic (exact) mass is 324 g/mol. The molecular formula is C17H16N4O3. The molecule has 24 heavy (non-hydrogen) atoms. The van der Waals surface area contributed by atoms with Gasteiger partial charge in [0.15, 0.2) is 5.82 Å². The molecule has 3 heterocycles. The highest BCUT2D eigenvalue weighted by Gasteiger charge is 2.30. The zero-order chi connectivity index (χ0) is 15.9. The zero-order valence-corrected chi connectivity index (χ0v) is 13.0. The van der Waals surface area contributed by atoms with Crippen molar-refractivity contribution in [2.75, 3.05) is 13.2 Å². The van der Waals surface area contributed by atoms with Gasteiger partial charge in [0.2, 0.25) is 11.7 Å². The van der Waals surface area contributed by atoms with Gasteiger partial charge in [-0.1, -0.05) is 22.4 Å². The van der Waals surface area contributed by atoms with Gasteiger partial charge in [0.1, 0.15) is 0 Å². The molecule has 0 amide bonds. The van der Waals surface area contributed by atoms with Crippen LogP contribution in [0.3, 0.4) is 0 Å². The summed E-state index contributed by atoms with van der Waals surface area (Å²) in [4.78, 5) is 9.00. The van der Waals surface area contributed by atoms with Crippen molar-refractivity contribution < 1.29 is 13.8 Å². The first-order valence-electron chi connectivity index (χ1n) is 8.22. The maximum atomic E-state index is 5.43. The van der Waals surface area contributed by atoms with Gasteiger partial charge in [-0.05, 0) is 31.4 Å². The van der Waals surface area contributed by atoms with Gasteiger partial charge in [0.05, 0.1) is 6.61 Å². The van der Waals surface area contributed by atoms with Crippen LogP contribution in [0.4, 0.5) is 0 Å². The molecule has 2 fully saturated rings. The first-order chi connectivity index (χ1) is 11.9. The summed E-state index contributed by atoms with van der Waals surface area (Å²) in [5.74, 6) is 3.22. The van der Waals surface area contributed by atoms with E-state index in [9.17, 15) is 0 Å². The van der Waals surface area contributed by atoms with Gasteiger partial charge in [0, 0.05) is 29.6 Å². The summed E-state index contributed by atoms with van der Waals surface area (Å²) < 4.78 is 16.1. The van der Waals surface area contributed by atoms with Crippen LogP contribution in [-0.4, -0.2) is 33.5 Å². The van der Waals surface area contributed by atoms with E-state index in [1.165, 1.54) is 0 Å². The summed E-state index contributed by atoms with van der Waals surface area (Å²) in [6.07, 6.45) is 3.21. The quantitative estimate of drug-likeness (QED) is 0.728.